The molecule has 0 bridgehead atoms. The Morgan fingerprint density at radius 1 is 1.19 bits per heavy atom. The summed E-state index contributed by atoms with van der Waals surface area (Å²) in [6, 6.07) is 5.73. The molecule has 2 N–H and O–H groups in total. The molecule has 1 rings (SSSR count). The number of benzene rings is 1. The van der Waals surface area contributed by atoms with Gasteiger partial charge in [-0.15, -0.1) is 0 Å². The monoisotopic (exact) mass is 382 g/mol. The molecule has 0 saturated heterocycles. The van der Waals surface area contributed by atoms with Crippen LogP contribution in [0.3, 0.4) is 0 Å². The van der Waals surface area contributed by atoms with Crippen molar-refractivity contribution in [3.63, 3.8) is 0 Å². The number of para-hydroxylation sites is 1. The summed E-state index contributed by atoms with van der Waals surface area (Å²) in [4.78, 5) is 36.5. The minimum absolute atomic E-state index is 0.240. The van der Waals surface area contributed by atoms with Crippen LogP contribution in [0.4, 0.5) is 10.5 Å². The third-order valence-electron chi connectivity index (χ3n) is 3.21. The fourth-order valence-corrected chi connectivity index (χ4v) is 2.53. The fourth-order valence-electron chi connectivity index (χ4n) is 2.05. The van der Waals surface area contributed by atoms with Crippen LogP contribution in [0.1, 0.15) is 37.6 Å². The van der Waals surface area contributed by atoms with Crippen LogP contribution >= 0.6 is 11.8 Å². The summed E-state index contributed by atoms with van der Waals surface area (Å²) >= 11 is 1.56. The summed E-state index contributed by atoms with van der Waals surface area (Å²) in [5, 5.41) is 5.27. The highest BCUT2D eigenvalue weighted by molar-refractivity contribution is 7.98. The van der Waals surface area contributed by atoms with Crippen molar-refractivity contribution in [1.29, 1.82) is 0 Å². The van der Waals surface area contributed by atoms with Gasteiger partial charge in [0.05, 0.1) is 18.4 Å². The SMILES string of the molecule is COC(=O)c1ccccc1NC(=O)[C@H](CCSC)NC(=O)OC(C)(C)C. The predicted octanol–water partition coefficient (Wildman–Crippen LogP) is 3.06. The average Bonchev–Trinajstić information content (AvgIpc) is 2.56. The number of esters is 1. The number of hydrogen-bond acceptors (Lipinski definition) is 6. The maximum atomic E-state index is 12.6. The van der Waals surface area contributed by atoms with Gasteiger partial charge in [-0.3, -0.25) is 4.79 Å². The van der Waals surface area contributed by atoms with Crippen LogP contribution in [-0.2, 0) is 14.3 Å². The van der Waals surface area contributed by atoms with E-state index in [2.05, 4.69) is 10.6 Å². The molecule has 0 aliphatic carbocycles. The van der Waals surface area contributed by atoms with Crippen LogP contribution < -0.4 is 10.6 Å². The summed E-state index contributed by atoms with van der Waals surface area (Å²) in [7, 11) is 1.27. The van der Waals surface area contributed by atoms with E-state index in [1.807, 2.05) is 6.26 Å². The van der Waals surface area contributed by atoms with Gasteiger partial charge in [-0.05, 0) is 51.3 Å². The normalized spacial score (nSPS) is 12.0. The number of carbonyl (C=O) groups is 3. The van der Waals surface area contributed by atoms with E-state index >= 15 is 0 Å². The number of carbonyl (C=O) groups excluding carboxylic acids is 3. The molecular formula is C18H26N2O5S. The van der Waals surface area contributed by atoms with Gasteiger partial charge >= 0.3 is 12.1 Å². The largest absolute Gasteiger partial charge is 0.465 e. The molecule has 0 aromatic heterocycles. The van der Waals surface area contributed by atoms with E-state index < -0.39 is 29.6 Å². The summed E-state index contributed by atoms with van der Waals surface area (Å²) < 4.78 is 9.94. The Kier molecular flexibility index (Phi) is 8.44. The number of nitrogens with one attached hydrogen (secondary N) is 2. The van der Waals surface area contributed by atoms with Crippen molar-refractivity contribution < 1.29 is 23.9 Å². The third kappa shape index (κ3) is 7.35. The molecule has 0 aliphatic rings. The molecule has 1 aromatic rings. The Labute approximate surface area is 158 Å². The lowest BCUT2D eigenvalue weighted by atomic mass is 10.1. The second-order valence-corrected chi connectivity index (χ2v) is 7.49. The summed E-state index contributed by atoms with van der Waals surface area (Å²) in [6.07, 6.45) is 1.67. The highest BCUT2D eigenvalue weighted by Gasteiger charge is 2.25. The van der Waals surface area contributed by atoms with Crippen LogP contribution in [0.25, 0.3) is 0 Å². The van der Waals surface area contributed by atoms with E-state index in [-0.39, 0.29) is 5.56 Å². The molecule has 0 unspecified atom stereocenters. The number of ether oxygens (including phenoxy) is 2. The first-order valence-electron chi connectivity index (χ1n) is 8.14. The molecule has 0 fully saturated rings. The van der Waals surface area contributed by atoms with E-state index in [0.717, 1.165) is 0 Å². The molecule has 1 atom stereocenters. The van der Waals surface area contributed by atoms with E-state index in [4.69, 9.17) is 9.47 Å². The van der Waals surface area contributed by atoms with E-state index in [1.165, 1.54) is 7.11 Å². The Hall–Kier alpha value is -2.22. The van der Waals surface area contributed by atoms with E-state index in [0.29, 0.717) is 17.9 Å². The second kappa shape index (κ2) is 10.1. The first-order valence-corrected chi connectivity index (χ1v) is 9.54. The molecule has 2 amide bonds. The Balaban J connectivity index is 2.90. The summed E-state index contributed by atoms with van der Waals surface area (Å²) in [6.45, 7) is 5.24. The number of hydrogen-bond donors (Lipinski definition) is 2. The molecule has 0 heterocycles. The van der Waals surface area contributed by atoms with Crippen molar-refractivity contribution in [3.05, 3.63) is 29.8 Å². The number of alkyl carbamates (subject to hydrolysis) is 1. The van der Waals surface area contributed by atoms with Gasteiger partial charge in [0.15, 0.2) is 0 Å². The molecule has 26 heavy (non-hydrogen) atoms. The maximum Gasteiger partial charge on any atom is 0.408 e. The molecule has 0 saturated carbocycles. The zero-order chi connectivity index (χ0) is 19.7. The minimum Gasteiger partial charge on any atom is -0.465 e. The van der Waals surface area contributed by atoms with Crippen molar-refractivity contribution in [2.45, 2.75) is 38.8 Å². The highest BCUT2D eigenvalue weighted by Crippen LogP contribution is 2.17. The quantitative estimate of drug-likeness (QED) is 0.704. The highest BCUT2D eigenvalue weighted by atomic mass is 32.2. The van der Waals surface area contributed by atoms with Gasteiger partial charge in [0.1, 0.15) is 11.6 Å². The van der Waals surface area contributed by atoms with E-state index in [9.17, 15) is 14.4 Å². The zero-order valence-electron chi connectivity index (χ0n) is 15.8. The topological polar surface area (TPSA) is 93.7 Å². The molecule has 0 radical (unpaired) electrons. The maximum absolute atomic E-state index is 12.6. The fraction of sp³-hybridized carbons (Fsp3) is 0.500. The zero-order valence-corrected chi connectivity index (χ0v) is 16.6. The first kappa shape index (κ1) is 21.8. The van der Waals surface area contributed by atoms with Crippen LogP contribution in [0.2, 0.25) is 0 Å². The van der Waals surface area contributed by atoms with Gasteiger partial charge in [0.25, 0.3) is 0 Å². The number of amides is 2. The molecular weight excluding hydrogens is 356 g/mol. The number of thioether (sulfide) groups is 1. The summed E-state index contributed by atoms with van der Waals surface area (Å²) in [5.41, 5.74) is -0.101. The molecule has 8 heteroatoms. The second-order valence-electron chi connectivity index (χ2n) is 6.51. The van der Waals surface area contributed by atoms with Crippen molar-refractivity contribution in [2.75, 3.05) is 24.4 Å². The molecule has 7 nitrogen and oxygen atoms in total. The van der Waals surface area contributed by atoms with Gasteiger partial charge in [-0.1, -0.05) is 12.1 Å². The lowest BCUT2D eigenvalue weighted by Crippen LogP contribution is -2.46. The molecule has 0 spiro atoms. The van der Waals surface area contributed by atoms with E-state index in [1.54, 1.807) is 56.8 Å². The van der Waals surface area contributed by atoms with Crippen molar-refractivity contribution >= 4 is 35.4 Å². The number of methoxy groups -OCH3 is 1. The molecule has 1 aromatic carbocycles. The van der Waals surface area contributed by atoms with Gasteiger partial charge in [-0.2, -0.15) is 11.8 Å². The van der Waals surface area contributed by atoms with Crippen molar-refractivity contribution in [2.24, 2.45) is 0 Å². The average molecular weight is 382 g/mol. The van der Waals surface area contributed by atoms with Crippen LogP contribution in [0.15, 0.2) is 24.3 Å². The third-order valence-corrected chi connectivity index (χ3v) is 3.85. The lowest BCUT2D eigenvalue weighted by molar-refractivity contribution is -0.118. The number of anilines is 1. The van der Waals surface area contributed by atoms with Gasteiger partial charge in [0.2, 0.25) is 5.91 Å². The number of rotatable bonds is 7. The Morgan fingerprint density at radius 3 is 2.42 bits per heavy atom. The van der Waals surface area contributed by atoms with Crippen LogP contribution in [-0.4, -0.2) is 48.7 Å². The minimum atomic E-state index is -0.789. The van der Waals surface area contributed by atoms with Crippen molar-refractivity contribution in [3.8, 4) is 0 Å². The van der Waals surface area contributed by atoms with Crippen molar-refractivity contribution in [1.82, 2.24) is 5.32 Å². The smallest absolute Gasteiger partial charge is 0.408 e. The van der Waals surface area contributed by atoms with Gasteiger partial charge in [0, 0.05) is 0 Å². The summed E-state index contributed by atoms with van der Waals surface area (Å²) in [5.74, 6) is -0.310. The Bertz CT molecular complexity index is 643. The van der Waals surface area contributed by atoms with Gasteiger partial charge in [-0.25, -0.2) is 9.59 Å². The molecule has 0 aliphatic heterocycles. The standard InChI is InChI=1S/C18H26N2O5S/c1-18(2,3)25-17(23)20-14(10-11-26-5)15(21)19-13-9-7-6-8-12(13)16(22)24-4/h6-9,14H,10-11H2,1-5H3,(H,19,21)(H,20,23)/t14-/m0/s1. The lowest BCUT2D eigenvalue weighted by Gasteiger charge is -2.23. The first-order chi connectivity index (χ1) is 12.2. The van der Waals surface area contributed by atoms with Gasteiger partial charge < -0.3 is 20.1 Å². The Morgan fingerprint density at radius 2 is 1.85 bits per heavy atom. The van der Waals surface area contributed by atoms with Crippen LogP contribution in [0, 0.1) is 0 Å². The predicted molar refractivity (Wildman–Crippen MR) is 103 cm³/mol. The van der Waals surface area contributed by atoms with Crippen LogP contribution in [0.5, 0.6) is 0 Å². The molecule has 144 valence electrons.